The molecule has 0 saturated heterocycles. The second kappa shape index (κ2) is 7.63. The molecule has 3 aromatic carbocycles. The number of hydrogen-bond donors (Lipinski definition) is 0. The molecule has 0 aliphatic carbocycles. The fourth-order valence-electron chi connectivity index (χ4n) is 3.34. The van der Waals surface area contributed by atoms with Gasteiger partial charge in [-0.1, -0.05) is 77.3 Å². The molecular formula is C23H16Cl3NO. The third kappa shape index (κ3) is 3.33. The number of fused-ring (bicyclic) bond motifs is 1. The summed E-state index contributed by atoms with van der Waals surface area (Å²) in [6.07, 6.45) is 0. The van der Waals surface area contributed by atoms with E-state index in [1.165, 1.54) is 0 Å². The number of nitrogens with zero attached hydrogens (tertiary/aromatic N) is 1. The van der Waals surface area contributed by atoms with Crippen LogP contribution in [0.4, 0.5) is 0 Å². The summed E-state index contributed by atoms with van der Waals surface area (Å²) in [6.45, 7) is 1.95. The minimum absolute atomic E-state index is 0.502. The second-order valence-electron chi connectivity index (χ2n) is 6.45. The molecule has 0 spiro atoms. The topological polar surface area (TPSA) is 22.1 Å². The number of aryl methyl sites for hydroxylation is 1. The highest BCUT2D eigenvalue weighted by molar-refractivity contribution is 6.39. The van der Waals surface area contributed by atoms with Crippen molar-refractivity contribution in [2.75, 3.05) is 7.11 Å². The van der Waals surface area contributed by atoms with E-state index in [-0.39, 0.29) is 0 Å². The summed E-state index contributed by atoms with van der Waals surface area (Å²) in [5, 5.41) is 2.64. The number of ether oxygens (including phenoxy) is 1. The Morgan fingerprint density at radius 2 is 1.50 bits per heavy atom. The van der Waals surface area contributed by atoms with E-state index in [9.17, 15) is 0 Å². The Labute approximate surface area is 178 Å². The molecular weight excluding hydrogens is 413 g/mol. The first-order valence-electron chi connectivity index (χ1n) is 8.68. The second-order valence-corrected chi connectivity index (χ2v) is 7.64. The third-order valence-electron chi connectivity index (χ3n) is 4.73. The predicted molar refractivity (Wildman–Crippen MR) is 119 cm³/mol. The molecule has 0 atom stereocenters. The summed E-state index contributed by atoms with van der Waals surface area (Å²) in [4.78, 5) is 4.71. The van der Waals surface area contributed by atoms with Crippen molar-refractivity contribution in [3.05, 3.63) is 81.4 Å². The summed E-state index contributed by atoms with van der Waals surface area (Å²) in [5.74, 6) is 0.578. The lowest BCUT2D eigenvalue weighted by molar-refractivity contribution is 0.415. The van der Waals surface area contributed by atoms with Gasteiger partial charge in [0.1, 0.15) is 5.75 Å². The van der Waals surface area contributed by atoms with E-state index in [0.29, 0.717) is 15.8 Å². The molecule has 0 aliphatic heterocycles. The van der Waals surface area contributed by atoms with E-state index >= 15 is 0 Å². The van der Waals surface area contributed by atoms with Crippen molar-refractivity contribution in [2.24, 2.45) is 0 Å². The van der Waals surface area contributed by atoms with Gasteiger partial charge in [-0.2, -0.15) is 0 Å². The maximum absolute atomic E-state index is 6.77. The smallest absolute Gasteiger partial charge is 0.139 e. The lowest BCUT2D eigenvalue weighted by Crippen LogP contribution is -1.94. The Bertz CT molecular complexity index is 1190. The number of methoxy groups -OCH3 is 1. The molecule has 4 aromatic rings. The van der Waals surface area contributed by atoms with Crippen LogP contribution in [0.1, 0.15) is 5.69 Å². The molecule has 0 radical (unpaired) electrons. The minimum Gasteiger partial charge on any atom is -0.495 e. The monoisotopic (exact) mass is 427 g/mol. The van der Waals surface area contributed by atoms with Gasteiger partial charge in [-0.3, -0.25) is 4.98 Å². The van der Waals surface area contributed by atoms with E-state index in [1.807, 2.05) is 55.5 Å². The van der Waals surface area contributed by atoms with Gasteiger partial charge < -0.3 is 4.74 Å². The molecule has 0 bridgehead atoms. The van der Waals surface area contributed by atoms with Gasteiger partial charge in [0, 0.05) is 33.3 Å². The number of hydrogen-bond acceptors (Lipinski definition) is 2. The van der Waals surface area contributed by atoms with Gasteiger partial charge in [-0.05, 0) is 30.2 Å². The Morgan fingerprint density at radius 3 is 2.18 bits per heavy atom. The number of aromatic nitrogens is 1. The van der Waals surface area contributed by atoms with Gasteiger partial charge in [0.2, 0.25) is 0 Å². The summed E-state index contributed by atoms with van der Waals surface area (Å²) in [5.41, 5.74) is 5.51. The zero-order valence-corrected chi connectivity index (χ0v) is 17.5. The minimum atomic E-state index is 0.502. The molecule has 2 nitrogen and oxygen atoms in total. The summed E-state index contributed by atoms with van der Waals surface area (Å²) in [7, 11) is 1.58. The van der Waals surface area contributed by atoms with Crippen LogP contribution in [-0.4, -0.2) is 12.1 Å². The first-order valence-corrected chi connectivity index (χ1v) is 9.81. The largest absolute Gasteiger partial charge is 0.495 e. The highest BCUT2D eigenvalue weighted by Gasteiger charge is 2.15. The zero-order chi connectivity index (χ0) is 19.8. The highest BCUT2D eigenvalue weighted by atomic mass is 35.5. The van der Waals surface area contributed by atoms with Crippen LogP contribution in [-0.2, 0) is 0 Å². The Balaban J connectivity index is 1.84. The van der Waals surface area contributed by atoms with E-state index in [2.05, 4.69) is 0 Å². The van der Waals surface area contributed by atoms with Crippen molar-refractivity contribution in [3.63, 3.8) is 0 Å². The SMILES string of the molecule is COc1cc2nc(C)c(-c3ccc(-c4ccccc4Cl)cc3)c(Cl)c2cc1Cl. The number of pyridine rings is 1. The van der Waals surface area contributed by atoms with Crippen molar-refractivity contribution in [3.8, 4) is 28.0 Å². The van der Waals surface area contributed by atoms with Crippen LogP contribution in [0.15, 0.2) is 60.7 Å². The molecule has 0 saturated carbocycles. The van der Waals surface area contributed by atoms with Gasteiger partial charge >= 0.3 is 0 Å². The molecule has 4 rings (SSSR count). The van der Waals surface area contributed by atoms with Crippen LogP contribution < -0.4 is 4.74 Å². The Morgan fingerprint density at radius 1 is 0.821 bits per heavy atom. The quantitative estimate of drug-likeness (QED) is 0.331. The fourth-order valence-corrected chi connectivity index (χ4v) is 4.23. The standard InChI is InChI=1S/C23H16Cl3NO/c1-13-22(23(26)17-11-19(25)21(28-2)12-20(17)27-13)15-9-7-14(8-10-15)16-5-3-4-6-18(16)24/h3-12H,1-2H3. The summed E-state index contributed by atoms with van der Waals surface area (Å²) in [6, 6.07) is 19.5. The molecule has 140 valence electrons. The summed E-state index contributed by atoms with van der Waals surface area (Å²) < 4.78 is 5.29. The lowest BCUT2D eigenvalue weighted by atomic mass is 9.98. The normalized spacial score (nSPS) is 11.0. The number of benzene rings is 3. The van der Waals surface area contributed by atoms with Crippen molar-refractivity contribution in [1.82, 2.24) is 4.98 Å². The number of halogens is 3. The molecule has 0 aliphatic rings. The van der Waals surface area contributed by atoms with Crippen molar-refractivity contribution in [2.45, 2.75) is 6.92 Å². The zero-order valence-electron chi connectivity index (χ0n) is 15.3. The van der Waals surface area contributed by atoms with Crippen LogP contribution in [0.2, 0.25) is 15.1 Å². The van der Waals surface area contributed by atoms with E-state index in [1.54, 1.807) is 19.2 Å². The maximum Gasteiger partial charge on any atom is 0.139 e. The van der Waals surface area contributed by atoms with Gasteiger partial charge in [0.05, 0.1) is 22.7 Å². The molecule has 0 unspecified atom stereocenters. The van der Waals surface area contributed by atoms with E-state index in [0.717, 1.165) is 43.9 Å². The van der Waals surface area contributed by atoms with Crippen LogP contribution in [0.25, 0.3) is 33.2 Å². The van der Waals surface area contributed by atoms with Crippen LogP contribution in [0.5, 0.6) is 5.75 Å². The third-order valence-corrected chi connectivity index (χ3v) is 5.75. The molecule has 0 fully saturated rings. The van der Waals surface area contributed by atoms with Gasteiger partial charge in [0.15, 0.2) is 0 Å². The molecule has 0 amide bonds. The summed E-state index contributed by atoms with van der Waals surface area (Å²) >= 11 is 19.4. The Hall–Kier alpha value is -2.26. The Kier molecular flexibility index (Phi) is 5.20. The van der Waals surface area contributed by atoms with Crippen LogP contribution in [0.3, 0.4) is 0 Å². The van der Waals surface area contributed by atoms with Crippen molar-refractivity contribution >= 4 is 45.7 Å². The number of rotatable bonds is 3. The van der Waals surface area contributed by atoms with Crippen molar-refractivity contribution in [1.29, 1.82) is 0 Å². The molecule has 5 heteroatoms. The molecule has 1 heterocycles. The molecule has 0 N–H and O–H groups in total. The van der Waals surface area contributed by atoms with Gasteiger partial charge in [0.25, 0.3) is 0 Å². The first kappa shape index (κ1) is 19.1. The maximum atomic E-state index is 6.77. The predicted octanol–water partition coefficient (Wildman–Crippen LogP) is 7.85. The van der Waals surface area contributed by atoms with E-state index < -0.39 is 0 Å². The highest BCUT2D eigenvalue weighted by Crippen LogP contribution is 2.40. The molecule has 1 aromatic heterocycles. The first-order chi connectivity index (χ1) is 13.5. The van der Waals surface area contributed by atoms with Crippen molar-refractivity contribution < 1.29 is 4.74 Å². The average molecular weight is 429 g/mol. The lowest BCUT2D eigenvalue weighted by Gasteiger charge is -2.14. The van der Waals surface area contributed by atoms with Crippen LogP contribution in [0, 0.1) is 6.92 Å². The molecule has 28 heavy (non-hydrogen) atoms. The fraction of sp³-hybridized carbons (Fsp3) is 0.0870. The average Bonchev–Trinajstić information content (AvgIpc) is 2.69. The van der Waals surface area contributed by atoms with Gasteiger partial charge in [-0.25, -0.2) is 0 Å². The van der Waals surface area contributed by atoms with E-state index in [4.69, 9.17) is 44.5 Å². The van der Waals surface area contributed by atoms with Gasteiger partial charge in [-0.15, -0.1) is 0 Å². The van der Waals surface area contributed by atoms with Crippen LogP contribution >= 0.6 is 34.8 Å².